The van der Waals surface area contributed by atoms with Crippen molar-refractivity contribution in [3.8, 4) is 0 Å². The van der Waals surface area contributed by atoms with Gasteiger partial charge in [-0.2, -0.15) is 0 Å². The second-order valence-corrected chi connectivity index (χ2v) is 5.38. The summed E-state index contributed by atoms with van der Waals surface area (Å²) >= 11 is 0. The molecule has 1 nitrogen and oxygen atoms in total. The Labute approximate surface area is 99.3 Å². The van der Waals surface area contributed by atoms with Crippen molar-refractivity contribution in [1.29, 1.82) is 0 Å². The fraction of sp³-hybridized carbons (Fsp3) is 0.600. The number of benzene rings is 1. The predicted octanol–water partition coefficient (Wildman–Crippen LogP) is 3.53. The molecule has 1 heterocycles. The molecule has 0 radical (unpaired) electrons. The zero-order valence-corrected chi connectivity index (χ0v) is 10.5. The van der Waals surface area contributed by atoms with Gasteiger partial charge in [0.15, 0.2) is 0 Å². The smallest absolute Gasteiger partial charge is 0.0210 e. The molecule has 1 heteroatoms. The molecule has 0 amide bonds. The van der Waals surface area contributed by atoms with E-state index in [1.165, 1.54) is 31.2 Å². The van der Waals surface area contributed by atoms with Gasteiger partial charge in [0, 0.05) is 12.6 Å². The molecule has 1 aromatic carbocycles. The molecule has 0 saturated heterocycles. The van der Waals surface area contributed by atoms with Crippen molar-refractivity contribution >= 4 is 0 Å². The van der Waals surface area contributed by atoms with Crippen LogP contribution in [0.3, 0.4) is 0 Å². The molecule has 1 atom stereocenters. The molecule has 1 N–H and O–H groups in total. The number of fused-ring (bicyclic) bond motifs is 1. The first kappa shape index (κ1) is 11.7. The van der Waals surface area contributed by atoms with Gasteiger partial charge in [0.2, 0.25) is 0 Å². The predicted molar refractivity (Wildman–Crippen MR) is 69.5 cm³/mol. The maximum absolute atomic E-state index is 3.65. The largest absolute Gasteiger partial charge is 0.310 e. The molecule has 88 valence electrons. The fourth-order valence-corrected chi connectivity index (χ4v) is 2.50. The highest BCUT2D eigenvalue weighted by atomic mass is 14.9. The van der Waals surface area contributed by atoms with Crippen LogP contribution < -0.4 is 5.32 Å². The second kappa shape index (κ2) is 5.49. The Bertz CT molecular complexity index is 330. The highest BCUT2D eigenvalue weighted by Gasteiger charge is 2.16. The average molecular weight is 217 g/mol. The van der Waals surface area contributed by atoms with Crippen molar-refractivity contribution in [2.45, 2.75) is 52.1 Å². The van der Waals surface area contributed by atoms with Crippen LogP contribution in [0, 0.1) is 5.92 Å². The Hall–Kier alpha value is -0.820. The number of rotatable bonds is 4. The molecule has 0 aliphatic carbocycles. The van der Waals surface area contributed by atoms with Crippen LogP contribution in [-0.4, -0.2) is 6.04 Å². The van der Waals surface area contributed by atoms with E-state index in [2.05, 4.69) is 43.4 Å². The van der Waals surface area contributed by atoms with Crippen molar-refractivity contribution in [3.63, 3.8) is 0 Å². The lowest BCUT2D eigenvalue weighted by Crippen LogP contribution is -2.35. The van der Waals surface area contributed by atoms with Gasteiger partial charge >= 0.3 is 0 Å². The molecule has 1 aliphatic rings. The summed E-state index contributed by atoms with van der Waals surface area (Å²) in [7, 11) is 0. The summed E-state index contributed by atoms with van der Waals surface area (Å²) in [5.74, 6) is 0.843. The molecule has 0 saturated carbocycles. The van der Waals surface area contributed by atoms with E-state index >= 15 is 0 Å². The monoisotopic (exact) mass is 217 g/mol. The summed E-state index contributed by atoms with van der Waals surface area (Å²) in [6.45, 7) is 5.68. The molecule has 0 fully saturated rings. The lowest BCUT2D eigenvalue weighted by Gasteiger charge is -2.26. The maximum atomic E-state index is 3.65. The van der Waals surface area contributed by atoms with Crippen LogP contribution in [0.1, 0.15) is 44.2 Å². The molecule has 2 rings (SSSR count). The topological polar surface area (TPSA) is 12.0 Å². The van der Waals surface area contributed by atoms with Gasteiger partial charge < -0.3 is 5.32 Å². The van der Waals surface area contributed by atoms with E-state index in [1.54, 1.807) is 5.56 Å². The SMILES string of the molecule is CC(C)CCCC1Cc2ccccc2CN1. The fourth-order valence-electron chi connectivity index (χ4n) is 2.50. The number of hydrogen-bond acceptors (Lipinski definition) is 1. The van der Waals surface area contributed by atoms with Gasteiger partial charge in [0.05, 0.1) is 0 Å². The molecule has 1 aromatic rings. The first-order valence-electron chi connectivity index (χ1n) is 6.56. The summed E-state index contributed by atoms with van der Waals surface area (Å²) in [5, 5.41) is 3.65. The van der Waals surface area contributed by atoms with Gasteiger partial charge in [-0.1, -0.05) is 51.0 Å². The van der Waals surface area contributed by atoms with Crippen molar-refractivity contribution < 1.29 is 0 Å². The second-order valence-electron chi connectivity index (χ2n) is 5.38. The lowest BCUT2D eigenvalue weighted by molar-refractivity contribution is 0.417. The minimum absolute atomic E-state index is 0.702. The summed E-state index contributed by atoms with van der Waals surface area (Å²) < 4.78 is 0. The van der Waals surface area contributed by atoms with Crippen molar-refractivity contribution in [2.24, 2.45) is 5.92 Å². The van der Waals surface area contributed by atoms with Crippen LogP contribution in [-0.2, 0) is 13.0 Å². The van der Waals surface area contributed by atoms with E-state index < -0.39 is 0 Å². The minimum Gasteiger partial charge on any atom is -0.310 e. The van der Waals surface area contributed by atoms with E-state index in [0.29, 0.717) is 6.04 Å². The Morgan fingerprint density at radius 3 is 2.75 bits per heavy atom. The Kier molecular flexibility index (Phi) is 4.00. The van der Waals surface area contributed by atoms with E-state index in [0.717, 1.165) is 12.5 Å². The number of nitrogens with one attached hydrogen (secondary N) is 1. The first-order chi connectivity index (χ1) is 7.75. The van der Waals surface area contributed by atoms with Crippen molar-refractivity contribution in [3.05, 3.63) is 35.4 Å². The van der Waals surface area contributed by atoms with Crippen LogP contribution >= 0.6 is 0 Å². The quantitative estimate of drug-likeness (QED) is 0.813. The standard InChI is InChI=1S/C15H23N/c1-12(2)6-5-9-15-10-13-7-3-4-8-14(13)11-16-15/h3-4,7-8,12,15-16H,5-6,9-11H2,1-2H3. The highest BCUT2D eigenvalue weighted by molar-refractivity contribution is 5.29. The summed E-state index contributed by atoms with van der Waals surface area (Å²) in [4.78, 5) is 0. The molecule has 1 aliphatic heterocycles. The summed E-state index contributed by atoms with van der Waals surface area (Å²) in [6, 6.07) is 9.53. The van der Waals surface area contributed by atoms with E-state index in [1.807, 2.05) is 0 Å². The molecule has 16 heavy (non-hydrogen) atoms. The highest BCUT2D eigenvalue weighted by Crippen LogP contribution is 2.19. The zero-order chi connectivity index (χ0) is 11.4. The summed E-state index contributed by atoms with van der Waals surface area (Å²) in [6.07, 6.45) is 5.26. The van der Waals surface area contributed by atoms with Gasteiger partial charge in [-0.05, 0) is 29.9 Å². The van der Waals surface area contributed by atoms with Crippen molar-refractivity contribution in [1.82, 2.24) is 5.32 Å². The van der Waals surface area contributed by atoms with Crippen LogP contribution in [0.2, 0.25) is 0 Å². The van der Waals surface area contributed by atoms with Gasteiger partial charge in [0.25, 0.3) is 0 Å². The van der Waals surface area contributed by atoms with Gasteiger partial charge in [-0.25, -0.2) is 0 Å². The zero-order valence-electron chi connectivity index (χ0n) is 10.5. The van der Waals surface area contributed by atoms with E-state index in [-0.39, 0.29) is 0 Å². The Balaban J connectivity index is 1.83. The van der Waals surface area contributed by atoms with Gasteiger partial charge in [-0.3, -0.25) is 0 Å². The molecule has 0 spiro atoms. The average Bonchev–Trinajstić information content (AvgIpc) is 2.28. The lowest BCUT2D eigenvalue weighted by atomic mass is 9.92. The minimum atomic E-state index is 0.702. The first-order valence-corrected chi connectivity index (χ1v) is 6.56. The van der Waals surface area contributed by atoms with Crippen molar-refractivity contribution in [2.75, 3.05) is 0 Å². The van der Waals surface area contributed by atoms with E-state index in [4.69, 9.17) is 0 Å². The van der Waals surface area contributed by atoms with Gasteiger partial charge in [0.1, 0.15) is 0 Å². The molecule has 1 unspecified atom stereocenters. The summed E-state index contributed by atoms with van der Waals surface area (Å²) in [5.41, 5.74) is 3.04. The number of hydrogen-bond donors (Lipinski definition) is 1. The third-order valence-corrected chi connectivity index (χ3v) is 3.50. The van der Waals surface area contributed by atoms with Crippen LogP contribution in [0.5, 0.6) is 0 Å². The third kappa shape index (κ3) is 3.08. The van der Waals surface area contributed by atoms with Crippen LogP contribution in [0.15, 0.2) is 24.3 Å². The molecular formula is C15H23N. The Morgan fingerprint density at radius 2 is 2.00 bits per heavy atom. The molecule has 0 aromatic heterocycles. The maximum Gasteiger partial charge on any atom is 0.0210 e. The van der Waals surface area contributed by atoms with E-state index in [9.17, 15) is 0 Å². The van der Waals surface area contributed by atoms with Crippen LogP contribution in [0.25, 0.3) is 0 Å². The molecule has 0 bridgehead atoms. The Morgan fingerprint density at radius 1 is 1.25 bits per heavy atom. The molecular weight excluding hydrogens is 194 g/mol. The normalized spacial score (nSPS) is 19.8. The van der Waals surface area contributed by atoms with Gasteiger partial charge in [-0.15, -0.1) is 0 Å². The van der Waals surface area contributed by atoms with Crippen LogP contribution in [0.4, 0.5) is 0 Å². The third-order valence-electron chi connectivity index (χ3n) is 3.50.